The molecule has 1 N–H and O–H groups in total. The lowest BCUT2D eigenvalue weighted by Gasteiger charge is -1.95. The van der Waals surface area contributed by atoms with Gasteiger partial charge in [-0.2, -0.15) is 0 Å². The molecule has 0 saturated carbocycles. The summed E-state index contributed by atoms with van der Waals surface area (Å²) in [6, 6.07) is 1.58. The highest BCUT2D eigenvalue weighted by molar-refractivity contribution is 7.12. The largest absolute Gasteiger partial charge is 0.479 e. The summed E-state index contributed by atoms with van der Waals surface area (Å²) in [6.45, 7) is -0.323. The van der Waals surface area contributed by atoms with E-state index in [2.05, 4.69) is 0 Å². The predicted octanol–water partition coefficient (Wildman–Crippen LogP) is 1.86. The smallest absolute Gasteiger partial charge is 0.341 e. The van der Waals surface area contributed by atoms with Crippen molar-refractivity contribution < 1.29 is 14.6 Å². The van der Waals surface area contributed by atoms with Crippen LogP contribution in [0, 0.1) is 0 Å². The highest BCUT2D eigenvalue weighted by Crippen LogP contribution is 2.25. The van der Waals surface area contributed by atoms with Gasteiger partial charge in [-0.3, -0.25) is 0 Å². The molecule has 11 heavy (non-hydrogen) atoms. The van der Waals surface area contributed by atoms with Crippen molar-refractivity contribution in [1.29, 1.82) is 0 Å². The first kappa shape index (κ1) is 8.36. The fourth-order valence-corrected chi connectivity index (χ4v) is 1.42. The first-order valence-electron chi connectivity index (χ1n) is 2.77. The molecule has 0 aromatic carbocycles. The van der Waals surface area contributed by atoms with Gasteiger partial charge in [0, 0.05) is 11.4 Å². The lowest BCUT2D eigenvalue weighted by atomic mass is 10.6. The molecule has 0 fully saturated rings. The minimum atomic E-state index is -0.991. The van der Waals surface area contributed by atoms with Crippen LogP contribution in [0.25, 0.3) is 0 Å². The van der Waals surface area contributed by atoms with Gasteiger partial charge in [0.25, 0.3) is 0 Å². The van der Waals surface area contributed by atoms with Crippen molar-refractivity contribution >= 4 is 28.9 Å². The van der Waals surface area contributed by atoms with E-state index in [9.17, 15) is 4.79 Å². The van der Waals surface area contributed by atoms with Crippen molar-refractivity contribution in [3.05, 3.63) is 16.5 Å². The fourth-order valence-electron chi connectivity index (χ4n) is 0.504. The first-order chi connectivity index (χ1) is 5.18. The number of aliphatic carboxylic acids is 1. The maximum atomic E-state index is 10.0. The van der Waals surface area contributed by atoms with Gasteiger partial charge in [0.1, 0.15) is 0 Å². The molecule has 5 heteroatoms. The number of carbonyl (C=O) groups is 1. The van der Waals surface area contributed by atoms with Gasteiger partial charge in [-0.15, -0.1) is 11.3 Å². The van der Waals surface area contributed by atoms with Crippen LogP contribution in [-0.4, -0.2) is 17.7 Å². The summed E-state index contributed by atoms with van der Waals surface area (Å²) in [5, 5.41) is 11.0. The third-order valence-corrected chi connectivity index (χ3v) is 2.07. The number of ether oxygens (including phenoxy) is 1. The Labute approximate surface area is 72.2 Å². The zero-order valence-electron chi connectivity index (χ0n) is 5.41. The van der Waals surface area contributed by atoms with Crippen LogP contribution in [0.4, 0.5) is 0 Å². The highest BCUT2D eigenvalue weighted by Gasteiger charge is 2.00. The molecule has 0 spiro atoms. The van der Waals surface area contributed by atoms with Crippen molar-refractivity contribution in [1.82, 2.24) is 0 Å². The van der Waals surface area contributed by atoms with Crippen molar-refractivity contribution in [3.8, 4) is 5.06 Å². The van der Waals surface area contributed by atoms with Gasteiger partial charge in [-0.25, -0.2) is 4.79 Å². The van der Waals surface area contributed by atoms with E-state index in [1.165, 1.54) is 11.3 Å². The topological polar surface area (TPSA) is 46.5 Å². The fraction of sp³-hybridized carbons (Fsp3) is 0.167. The van der Waals surface area contributed by atoms with E-state index in [0.29, 0.717) is 10.1 Å². The van der Waals surface area contributed by atoms with Gasteiger partial charge >= 0.3 is 5.97 Å². The van der Waals surface area contributed by atoms with Gasteiger partial charge in [-0.1, -0.05) is 11.6 Å². The number of hydrogen-bond donors (Lipinski definition) is 1. The molecule has 1 aromatic heterocycles. The van der Waals surface area contributed by atoms with Crippen LogP contribution >= 0.6 is 22.9 Å². The summed E-state index contributed by atoms with van der Waals surface area (Å²) in [5.74, 6) is -0.991. The number of carboxylic acid groups (broad SMARTS) is 1. The normalized spacial score (nSPS) is 9.55. The molecule has 0 amide bonds. The minimum absolute atomic E-state index is 0.323. The zero-order chi connectivity index (χ0) is 8.27. The Kier molecular flexibility index (Phi) is 2.73. The van der Waals surface area contributed by atoms with E-state index in [4.69, 9.17) is 21.4 Å². The Morgan fingerprint density at radius 1 is 1.82 bits per heavy atom. The third kappa shape index (κ3) is 2.78. The molecule has 3 nitrogen and oxygen atoms in total. The first-order valence-corrected chi connectivity index (χ1v) is 4.03. The van der Waals surface area contributed by atoms with Crippen LogP contribution < -0.4 is 4.74 Å². The maximum absolute atomic E-state index is 10.0. The summed E-state index contributed by atoms with van der Waals surface area (Å²) in [4.78, 5) is 10.0. The molecule has 0 aliphatic heterocycles. The number of halogens is 1. The second-order valence-corrected chi connectivity index (χ2v) is 3.08. The Hall–Kier alpha value is -0.740. The third-order valence-electron chi connectivity index (χ3n) is 0.881. The van der Waals surface area contributed by atoms with Gasteiger partial charge in [0.15, 0.2) is 11.7 Å². The Morgan fingerprint density at radius 2 is 2.55 bits per heavy atom. The van der Waals surface area contributed by atoms with Crippen molar-refractivity contribution in [2.75, 3.05) is 6.61 Å². The van der Waals surface area contributed by atoms with Crippen LogP contribution in [0.2, 0.25) is 5.02 Å². The van der Waals surface area contributed by atoms with Crippen LogP contribution in [0.5, 0.6) is 5.06 Å². The lowest BCUT2D eigenvalue weighted by molar-refractivity contribution is -0.139. The van der Waals surface area contributed by atoms with E-state index in [1.54, 1.807) is 11.4 Å². The minimum Gasteiger partial charge on any atom is -0.479 e. The molecule has 0 atom stereocenters. The molecule has 0 saturated heterocycles. The van der Waals surface area contributed by atoms with E-state index < -0.39 is 5.97 Å². The number of thiophene rings is 1. The van der Waals surface area contributed by atoms with Crippen LogP contribution in [-0.2, 0) is 4.79 Å². The molecular weight excluding hydrogens is 188 g/mol. The lowest BCUT2D eigenvalue weighted by Crippen LogP contribution is -2.08. The second kappa shape index (κ2) is 3.59. The molecule has 60 valence electrons. The number of rotatable bonds is 3. The molecule has 1 heterocycles. The van der Waals surface area contributed by atoms with Crippen LogP contribution in [0.3, 0.4) is 0 Å². The number of hydrogen-bond acceptors (Lipinski definition) is 3. The van der Waals surface area contributed by atoms with Crippen molar-refractivity contribution in [3.63, 3.8) is 0 Å². The van der Waals surface area contributed by atoms with Gasteiger partial charge in [0.05, 0.1) is 5.02 Å². The van der Waals surface area contributed by atoms with Gasteiger partial charge in [0.2, 0.25) is 0 Å². The Morgan fingerprint density at radius 3 is 3.00 bits per heavy atom. The van der Waals surface area contributed by atoms with Crippen LogP contribution in [0.15, 0.2) is 11.4 Å². The zero-order valence-corrected chi connectivity index (χ0v) is 6.98. The highest BCUT2D eigenvalue weighted by atomic mass is 35.5. The SMILES string of the molecule is O=C(O)COc1cc(Cl)cs1. The van der Waals surface area contributed by atoms with E-state index in [-0.39, 0.29) is 6.61 Å². The average Bonchev–Trinajstić information content (AvgIpc) is 2.31. The van der Waals surface area contributed by atoms with Gasteiger partial charge < -0.3 is 9.84 Å². The quantitative estimate of drug-likeness (QED) is 0.795. The standard InChI is InChI=1S/C6H5ClO3S/c7-4-1-6(11-3-4)10-2-5(8)9/h1,3H,2H2,(H,8,9). The predicted molar refractivity (Wildman–Crippen MR) is 42.5 cm³/mol. The average molecular weight is 193 g/mol. The van der Waals surface area contributed by atoms with Crippen molar-refractivity contribution in [2.24, 2.45) is 0 Å². The molecule has 0 unspecified atom stereocenters. The monoisotopic (exact) mass is 192 g/mol. The molecule has 0 aliphatic carbocycles. The maximum Gasteiger partial charge on any atom is 0.341 e. The van der Waals surface area contributed by atoms with Crippen molar-refractivity contribution in [2.45, 2.75) is 0 Å². The Balaban J connectivity index is 2.45. The summed E-state index contributed by atoms with van der Waals surface area (Å²) in [6.07, 6.45) is 0. The second-order valence-electron chi connectivity index (χ2n) is 1.77. The summed E-state index contributed by atoms with van der Waals surface area (Å²) in [7, 11) is 0. The molecule has 1 rings (SSSR count). The van der Waals surface area contributed by atoms with E-state index >= 15 is 0 Å². The molecule has 1 aromatic rings. The van der Waals surface area contributed by atoms with Crippen LogP contribution in [0.1, 0.15) is 0 Å². The number of carboxylic acids is 1. The molecule has 0 aliphatic rings. The molecular formula is C6H5ClO3S. The summed E-state index contributed by atoms with van der Waals surface area (Å²) < 4.78 is 4.82. The summed E-state index contributed by atoms with van der Waals surface area (Å²) >= 11 is 6.83. The molecule has 0 bridgehead atoms. The summed E-state index contributed by atoms with van der Waals surface area (Å²) in [5.41, 5.74) is 0. The Bertz CT molecular complexity index is 258. The van der Waals surface area contributed by atoms with Gasteiger partial charge in [-0.05, 0) is 0 Å². The molecule has 0 radical (unpaired) electrons. The van der Waals surface area contributed by atoms with E-state index in [0.717, 1.165) is 0 Å². The van der Waals surface area contributed by atoms with E-state index in [1.807, 2.05) is 0 Å².